The van der Waals surface area contributed by atoms with Gasteiger partial charge in [-0.1, -0.05) is 25.5 Å². The fraction of sp³-hybridized carbons (Fsp3) is 0.300. The smallest absolute Gasteiger partial charge is 0.240 e. The number of primary sulfonamides is 1. The molecule has 0 bridgehead atoms. The number of hydrogen-bond donors (Lipinski definition) is 1. The van der Waals surface area contributed by atoms with Gasteiger partial charge in [-0.3, -0.25) is 4.99 Å². The van der Waals surface area contributed by atoms with Crippen molar-refractivity contribution in [3.8, 4) is 0 Å². The number of sulfonamides is 1. The second-order valence-electron chi connectivity index (χ2n) is 3.11. The molecule has 4 nitrogen and oxygen atoms in total. The lowest BCUT2D eigenvalue weighted by molar-refractivity contribution is 0.598. The van der Waals surface area contributed by atoms with Crippen LogP contribution in [0.3, 0.4) is 0 Å². The van der Waals surface area contributed by atoms with Gasteiger partial charge in [0.1, 0.15) is 4.90 Å². The second kappa shape index (κ2) is 5.04. The topological polar surface area (TPSA) is 72.5 Å². The monoisotopic (exact) mass is 226 g/mol. The summed E-state index contributed by atoms with van der Waals surface area (Å²) in [5.41, 5.74) is 0.397. The predicted molar refractivity (Wildman–Crippen MR) is 60.9 cm³/mol. The number of unbranched alkanes of at least 4 members (excludes halogenated alkanes) is 1. The van der Waals surface area contributed by atoms with Crippen molar-refractivity contribution < 1.29 is 8.42 Å². The maximum absolute atomic E-state index is 11.2. The van der Waals surface area contributed by atoms with Crippen LogP contribution in [-0.2, 0) is 10.0 Å². The number of hydrogen-bond acceptors (Lipinski definition) is 3. The Kier molecular flexibility index (Phi) is 3.99. The van der Waals surface area contributed by atoms with Crippen molar-refractivity contribution in [3.05, 3.63) is 24.3 Å². The average Bonchev–Trinajstić information content (AvgIpc) is 2.17. The van der Waals surface area contributed by atoms with Crippen LogP contribution in [0.5, 0.6) is 0 Å². The minimum absolute atomic E-state index is 0.0670. The van der Waals surface area contributed by atoms with Gasteiger partial charge in [0, 0.05) is 6.21 Å². The molecule has 1 aromatic rings. The molecule has 15 heavy (non-hydrogen) atoms. The maximum atomic E-state index is 11.2. The Morgan fingerprint density at radius 2 is 2.07 bits per heavy atom. The van der Waals surface area contributed by atoms with Crippen molar-refractivity contribution >= 4 is 21.9 Å². The van der Waals surface area contributed by atoms with E-state index in [0.29, 0.717) is 5.69 Å². The Hall–Kier alpha value is -1.20. The Labute approximate surface area is 89.9 Å². The van der Waals surface area contributed by atoms with Crippen molar-refractivity contribution in [1.82, 2.24) is 0 Å². The van der Waals surface area contributed by atoms with E-state index in [-0.39, 0.29) is 4.90 Å². The lowest BCUT2D eigenvalue weighted by Crippen LogP contribution is -2.12. The minimum Gasteiger partial charge on any atom is -0.260 e. The number of nitrogens with two attached hydrogens (primary N) is 1. The zero-order chi connectivity index (χ0) is 11.3. The first kappa shape index (κ1) is 11.9. The fourth-order valence-electron chi connectivity index (χ4n) is 1.10. The van der Waals surface area contributed by atoms with Crippen LogP contribution in [0.25, 0.3) is 0 Å². The Morgan fingerprint density at radius 3 is 2.67 bits per heavy atom. The summed E-state index contributed by atoms with van der Waals surface area (Å²) < 4.78 is 22.4. The lowest BCUT2D eigenvalue weighted by Gasteiger charge is -2.01. The summed E-state index contributed by atoms with van der Waals surface area (Å²) in [4.78, 5) is 4.15. The van der Waals surface area contributed by atoms with Crippen LogP contribution in [0.15, 0.2) is 34.2 Å². The van der Waals surface area contributed by atoms with Gasteiger partial charge in [-0.2, -0.15) is 0 Å². The van der Waals surface area contributed by atoms with Gasteiger partial charge in [0.15, 0.2) is 0 Å². The van der Waals surface area contributed by atoms with Crippen molar-refractivity contribution in [1.29, 1.82) is 0 Å². The van der Waals surface area contributed by atoms with E-state index >= 15 is 0 Å². The lowest BCUT2D eigenvalue weighted by atomic mass is 10.3. The van der Waals surface area contributed by atoms with E-state index in [1.54, 1.807) is 24.4 Å². The fourth-order valence-corrected chi connectivity index (χ4v) is 1.78. The molecule has 0 aliphatic carbocycles. The van der Waals surface area contributed by atoms with Gasteiger partial charge in [0.2, 0.25) is 10.0 Å². The zero-order valence-electron chi connectivity index (χ0n) is 8.55. The van der Waals surface area contributed by atoms with Crippen LogP contribution >= 0.6 is 0 Å². The van der Waals surface area contributed by atoms with E-state index in [2.05, 4.69) is 4.99 Å². The molecule has 5 heteroatoms. The third kappa shape index (κ3) is 3.45. The molecule has 0 atom stereocenters. The first-order valence-electron chi connectivity index (χ1n) is 4.70. The molecule has 0 heterocycles. The molecule has 2 N–H and O–H groups in total. The van der Waals surface area contributed by atoms with Gasteiger partial charge < -0.3 is 0 Å². The third-order valence-electron chi connectivity index (χ3n) is 1.82. The van der Waals surface area contributed by atoms with E-state index in [4.69, 9.17) is 5.14 Å². The Bertz CT molecular complexity index is 452. The highest BCUT2D eigenvalue weighted by atomic mass is 32.2. The van der Waals surface area contributed by atoms with Crippen LogP contribution < -0.4 is 5.14 Å². The molecule has 0 saturated carbocycles. The molecule has 0 aliphatic heterocycles. The van der Waals surface area contributed by atoms with Crippen LogP contribution in [-0.4, -0.2) is 14.6 Å². The van der Waals surface area contributed by atoms with E-state index in [0.717, 1.165) is 12.8 Å². The maximum Gasteiger partial charge on any atom is 0.240 e. The molecule has 0 amide bonds. The van der Waals surface area contributed by atoms with Crippen LogP contribution in [0.4, 0.5) is 5.69 Å². The van der Waals surface area contributed by atoms with Crippen molar-refractivity contribution in [3.63, 3.8) is 0 Å². The average molecular weight is 226 g/mol. The van der Waals surface area contributed by atoms with Gasteiger partial charge in [0.25, 0.3) is 0 Å². The van der Waals surface area contributed by atoms with E-state index in [1.165, 1.54) is 6.07 Å². The standard InChI is InChI=1S/C10H14N2O2S/c1-2-3-8-12-9-6-4-5-7-10(9)15(11,13)14/h4-8H,2-3H2,1H3,(H2,11,13,14). The largest absolute Gasteiger partial charge is 0.260 e. The number of para-hydroxylation sites is 1. The molecule has 0 fully saturated rings. The molecular formula is C10H14N2O2S. The van der Waals surface area contributed by atoms with E-state index in [1.807, 2.05) is 6.92 Å². The molecule has 1 aromatic carbocycles. The highest BCUT2D eigenvalue weighted by molar-refractivity contribution is 7.89. The van der Waals surface area contributed by atoms with Crippen molar-refractivity contribution in [2.75, 3.05) is 0 Å². The molecule has 0 spiro atoms. The molecule has 0 radical (unpaired) electrons. The minimum atomic E-state index is -3.68. The number of benzene rings is 1. The number of nitrogens with zero attached hydrogens (tertiary/aromatic N) is 1. The molecular weight excluding hydrogens is 212 g/mol. The molecule has 0 unspecified atom stereocenters. The second-order valence-corrected chi connectivity index (χ2v) is 4.64. The summed E-state index contributed by atoms with van der Waals surface area (Å²) in [5, 5.41) is 5.06. The van der Waals surface area contributed by atoms with Crippen molar-refractivity contribution in [2.45, 2.75) is 24.7 Å². The Balaban J connectivity index is 3.08. The van der Waals surface area contributed by atoms with Crippen molar-refractivity contribution in [2.24, 2.45) is 10.1 Å². The van der Waals surface area contributed by atoms with Gasteiger partial charge >= 0.3 is 0 Å². The first-order chi connectivity index (χ1) is 7.05. The highest BCUT2D eigenvalue weighted by Crippen LogP contribution is 2.21. The normalized spacial score (nSPS) is 12.1. The zero-order valence-corrected chi connectivity index (χ0v) is 9.37. The van der Waals surface area contributed by atoms with Gasteiger partial charge in [-0.25, -0.2) is 13.6 Å². The van der Waals surface area contributed by atoms with Gasteiger partial charge in [-0.15, -0.1) is 0 Å². The van der Waals surface area contributed by atoms with Gasteiger partial charge in [0.05, 0.1) is 5.69 Å². The summed E-state index contributed by atoms with van der Waals surface area (Å²) in [7, 11) is -3.68. The van der Waals surface area contributed by atoms with Crippen LogP contribution in [0.1, 0.15) is 19.8 Å². The predicted octanol–water partition coefficient (Wildman–Crippen LogP) is 1.84. The van der Waals surface area contributed by atoms with Crippen LogP contribution in [0, 0.1) is 0 Å². The van der Waals surface area contributed by atoms with Gasteiger partial charge in [-0.05, 0) is 18.6 Å². The van der Waals surface area contributed by atoms with Crippen LogP contribution in [0.2, 0.25) is 0 Å². The molecule has 1 rings (SSSR count). The first-order valence-corrected chi connectivity index (χ1v) is 6.24. The third-order valence-corrected chi connectivity index (χ3v) is 2.78. The molecule has 82 valence electrons. The number of rotatable bonds is 4. The molecule has 0 aliphatic rings. The summed E-state index contributed by atoms with van der Waals surface area (Å²) in [6.07, 6.45) is 3.49. The quantitative estimate of drug-likeness (QED) is 0.795. The molecule has 0 saturated heterocycles. The summed E-state index contributed by atoms with van der Waals surface area (Å²) in [6.45, 7) is 2.03. The Morgan fingerprint density at radius 1 is 1.40 bits per heavy atom. The van der Waals surface area contributed by atoms with E-state index in [9.17, 15) is 8.42 Å². The SMILES string of the molecule is CCCC=Nc1ccccc1S(N)(=O)=O. The number of aliphatic imine (C=N–C) groups is 1. The summed E-state index contributed by atoms with van der Waals surface area (Å²) in [6, 6.07) is 6.44. The van der Waals surface area contributed by atoms with E-state index < -0.39 is 10.0 Å². The summed E-state index contributed by atoms with van der Waals surface area (Å²) >= 11 is 0. The summed E-state index contributed by atoms with van der Waals surface area (Å²) in [5.74, 6) is 0. The highest BCUT2D eigenvalue weighted by Gasteiger charge is 2.11. The molecule has 0 aromatic heterocycles.